The number of hydrogen-bond acceptors (Lipinski definition) is 7. The molecule has 0 saturated carbocycles. The maximum absolute atomic E-state index is 11.3. The second kappa shape index (κ2) is 5.96. The number of rotatable bonds is 4. The van der Waals surface area contributed by atoms with Crippen LogP contribution in [0.2, 0.25) is 0 Å². The first-order valence-corrected chi connectivity index (χ1v) is 7.77. The quantitative estimate of drug-likeness (QED) is 0.572. The Bertz CT molecular complexity index is 1120. The highest BCUT2D eigenvalue weighted by atomic mass is 16.4. The highest BCUT2D eigenvalue weighted by molar-refractivity contribution is 5.89. The van der Waals surface area contributed by atoms with Gasteiger partial charge < -0.3 is 15.3 Å². The topological polar surface area (TPSA) is 133 Å². The number of nitrogens with zero attached hydrogens (tertiary/aromatic N) is 5. The number of nitrogen functional groups attached to an aromatic ring is 1. The van der Waals surface area contributed by atoms with Gasteiger partial charge in [-0.2, -0.15) is 4.98 Å². The zero-order valence-electron chi connectivity index (χ0n) is 13.7. The van der Waals surface area contributed by atoms with E-state index in [1.54, 1.807) is 35.9 Å². The lowest BCUT2D eigenvalue weighted by molar-refractivity contribution is 0.0696. The summed E-state index contributed by atoms with van der Waals surface area (Å²) in [7, 11) is 0. The predicted molar refractivity (Wildman–Crippen MR) is 92.5 cm³/mol. The van der Waals surface area contributed by atoms with E-state index in [4.69, 9.17) is 10.2 Å². The molecule has 0 atom stereocenters. The molecular weight excluding hydrogens is 336 g/mol. The lowest BCUT2D eigenvalue weighted by Gasteiger charge is -2.09. The van der Waals surface area contributed by atoms with E-state index >= 15 is 0 Å². The molecule has 0 aliphatic rings. The molecule has 4 aromatic rings. The molecule has 0 fully saturated rings. The third kappa shape index (κ3) is 2.55. The van der Waals surface area contributed by atoms with Crippen molar-refractivity contribution in [2.24, 2.45) is 0 Å². The van der Waals surface area contributed by atoms with Crippen LogP contribution in [0.4, 0.5) is 5.95 Å². The van der Waals surface area contributed by atoms with E-state index in [2.05, 4.69) is 20.3 Å². The summed E-state index contributed by atoms with van der Waals surface area (Å²) in [5, 5.41) is 17.6. The molecule has 1 aromatic carbocycles. The number of hydrogen-bond donors (Lipinski definition) is 2. The third-order valence-electron chi connectivity index (χ3n) is 4.13. The fraction of sp³-hybridized carbons (Fsp3) is 0.118. The van der Waals surface area contributed by atoms with Crippen molar-refractivity contribution in [2.45, 2.75) is 13.5 Å². The van der Waals surface area contributed by atoms with Crippen LogP contribution in [-0.4, -0.2) is 36.0 Å². The first kappa shape index (κ1) is 15.8. The highest BCUT2D eigenvalue weighted by Gasteiger charge is 2.18. The van der Waals surface area contributed by atoms with Gasteiger partial charge in [-0.1, -0.05) is 17.3 Å². The molecule has 0 unspecified atom stereocenters. The zero-order valence-corrected chi connectivity index (χ0v) is 13.7. The van der Waals surface area contributed by atoms with Crippen LogP contribution in [0.5, 0.6) is 0 Å². The van der Waals surface area contributed by atoms with Crippen LogP contribution in [-0.2, 0) is 6.54 Å². The van der Waals surface area contributed by atoms with Crippen LogP contribution >= 0.6 is 0 Å². The number of furan rings is 1. The Kier molecular flexibility index (Phi) is 3.61. The maximum Gasteiger partial charge on any atom is 0.335 e. The average molecular weight is 350 g/mol. The molecule has 0 aliphatic heterocycles. The van der Waals surface area contributed by atoms with Gasteiger partial charge in [-0.25, -0.2) is 14.5 Å². The Morgan fingerprint density at radius 1 is 1.27 bits per heavy atom. The smallest absolute Gasteiger partial charge is 0.335 e. The first-order valence-electron chi connectivity index (χ1n) is 7.77. The lowest BCUT2D eigenvalue weighted by Crippen LogP contribution is -2.08. The number of carboxylic acid groups (broad SMARTS) is 1. The Labute approximate surface area is 147 Å². The molecule has 26 heavy (non-hydrogen) atoms. The van der Waals surface area contributed by atoms with Crippen LogP contribution in [0, 0.1) is 6.92 Å². The van der Waals surface area contributed by atoms with E-state index < -0.39 is 5.97 Å². The number of carbonyl (C=O) groups is 1. The molecule has 3 aromatic heterocycles. The van der Waals surface area contributed by atoms with Crippen LogP contribution in [0.15, 0.2) is 41.0 Å². The second-order valence-electron chi connectivity index (χ2n) is 5.72. The normalized spacial score (nSPS) is 11.1. The highest BCUT2D eigenvalue weighted by Crippen LogP contribution is 2.26. The van der Waals surface area contributed by atoms with Crippen molar-refractivity contribution in [2.75, 3.05) is 5.73 Å². The summed E-state index contributed by atoms with van der Waals surface area (Å²) in [6.45, 7) is 2.06. The van der Waals surface area contributed by atoms with Crippen LogP contribution in [0.1, 0.15) is 21.5 Å². The summed E-state index contributed by atoms with van der Waals surface area (Å²) in [5.41, 5.74) is 8.91. The first-order chi connectivity index (χ1) is 12.5. The van der Waals surface area contributed by atoms with E-state index in [1.807, 2.05) is 6.07 Å². The molecule has 9 heteroatoms. The molecule has 0 aliphatic carbocycles. The summed E-state index contributed by atoms with van der Waals surface area (Å²) in [5.74, 6) is -0.386. The van der Waals surface area contributed by atoms with Gasteiger partial charge in [0.1, 0.15) is 5.69 Å². The molecule has 3 N–H and O–H groups in total. The standard InChI is InChI=1S/C17H14N6O3/c1-9-10(4-2-5-11(9)16(24)25)8-23-15-14(21-22-23)13(19-17(18)20-15)12-6-3-7-26-12/h2-7H,8H2,1H3,(H,24,25)(H2,18,19,20). The Morgan fingerprint density at radius 3 is 2.85 bits per heavy atom. The molecule has 3 heterocycles. The molecule has 4 rings (SSSR count). The van der Waals surface area contributed by atoms with Gasteiger partial charge >= 0.3 is 5.97 Å². The Morgan fingerprint density at radius 2 is 2.12 bits per heavy atom. The van der Waals surface area contributed by atoms with Gasteiger partial charge in [-0.05, 0) is 36.2 Å². The minimum atomic E-state index is -0.973. The number of carboxylic acids is 1. The van der Waals surface area contributed by atoms with Crippen LogP contribution < -0.4 is 5.73 Å². The van der Waals surface area contributed by atoms with E-state index in [0.29, 0.717) is 34.7 Å². The van der Waals surface area contributed by atoms with Crippen LogP contribution in [0.3, 0.4) is 0 Å². The molecule has 130 valence electrons. The summed E-state index contributed by atoms with van der Waals surface area (Å²) >= 11 is 0. The zero-order chi connectivity index (χ0) is 18.3. The van der Waals surface area contributed by atoms with E-state index in [-0.39, 0.29) is 11.5 Å². The van der Waals surface area contributed by atoms with Gasteiger partial charge in [0.2, 0.25) is 5.95 Å². The van der Waals surface area contributed by atoms with Gasteiger partial charge in [0.05, 0.1) is 18.4 Å². The summed E-state index contributed by atoms with van der Waals surface area (Å²) in [6, 6.07) is 8.59. The van der Waals surface area contributed by atoms with Crippen molar-refractivity contribution >= 4 is 23.1 Å². The SMILES string of the molecule is Cc1c(Cn2nnc3c(-c4ccco4)nc(N)nc32)cccc1C(=O)O. The van der Waals surface area contributed by atoms with E-state index in [1.165, 1.54) is 6.26 Å². The molecule has 0 spiro atoms. The summed E-state index contributed by atoms with van der Waals surface area (Å²) in [4.78, 5) is 19.8. The van der Waals surface area contributed by atoms with Gasteiger partial charge in [-0.3, -0.25) is 0 Å². The third-order valence-corrected chi connectivity index (χ3v) is 4.13. The number of nitrogens with two attached hydrogens (primary N) is 1. The number of aromatic carboxylic acids is 1. The number of anilines is 1. The Balaban J connectivity index is 1.82. The van der Waals surface area contributed by atoms with Crippen LogP contribution in [0.25, 0.3) is 22.6 Å². The molecule has 0 saturated heterocycles. The molecule has 0 bridgehead atoms. The minimum Gasteiger partial charge on any atom is -0.478 e. The lowest BCUT2D eigenvalue weighted by atomic mass is 10.0. The predicted octanol–water partition coefficient (Wildman–Crippen LogP) is 2.12. The molecule has 9 nitrogen and oxygen atoms in total. The molecule has 0 amide bonds. The van der Waals surface area contributed by atoms with E-state index in [0.717, 1.165) is 5.56 Å². The van der Waals surface area contributed by atoms with Crippen molar-refractivity contribution in [1.29, 1.82) is 0 Å². The largest absolute Gasteiger partial charge is 0.478 e. The minimum absolute atomic E-state index is 0.0726. The molecular formula is C17H14N6O3. The summed E-state index contributed by atoms with van der Waals surface area (Å²) < 4.78 is 6.95. The van der Waals surface area contributed by atoms with E-state index in [9.17, 15) is 9.90 Å². The van der Waals surface area contributed by atoms with Crippen molar-refractivity contribution in [3.05, 3.63) is 53.3 Å². The average Bonchev–Trinajstić information content (AvgIpc) is 3.26. The fourth-order valence-corrected chi connectivity index (χ4v) is 2.81. The second-order valence-corrected chi connectivity index (χ2v) is 5.72. The maximum atomic E-state index is 11.3. The number of aromatic nitrogens is 5. The molecule has 0 radical (unpaired) electrons. The van der Waals surface area contributed by atoms with Crippen molar-refractivity contribution < 1.29 is 14.3 Å². The van der Waals surface area contributed by atoms with Gasteiger partial charge in [-0.15, -0.1) is 5.10 Å². The van der Waals surface area contributed by atoms with Crippen molar-refractivity contribution in [3.8, 4) is 11.5 Å². The van der Waals surface area contributed by atoms with Crippen molar-refractivity contribution in [3.63, 3.8) is 0 Å². The monoisotopic (exact) mass is 350 g/mol. The fourth-order valence-electron chi connectivity index (χ4n) is 2.81. The number of fused-ring (bicyclic) bond motifs is 1. The number of benzene rings is 1. The summed E-state index contributed by atoms with van der Waals surface area (Å²) in [6.07, 6.45) is 1.53. The van der Waals surface area contributed by atoms with Crippen molar-refractivity contribution in [1.82, 2.24) is 25.0 Å². The van der Waals surface area contributed by atoms with Gasteiger partial charge in [0.15, 0.2) is 16.9 Å². The van der Waals surface area contributed by atoms with Gasteiger partial charge in [0, 0.05) is 0 Å². The Hall–Kier alpha value is -3.75. The van der Waals surface area contributed by atoms with Gasteiger partial charge in [0.25, 0.3) is 0 Å².